The van der Waals surface area contributed by atoms with Crippen molar-refractivity contribution < 1.29 is 4.79 Å². The number of benzene rings is 1. The molecule has 2 rings (SSSR count). The van der Waals surface area contributed by atoms with Gasteiger partial charge in [-0.1, -0.05) is 38.1 Å². The van der Waals surface area contributed by atoms with Gasteiger partial charge in [0.15, 0.2) is 0 Å². The predicted molar refractivity (Wildman–Crippen MR) is 87.0 cm³/mol. The van der Waals surface area contributed by atoms with E-state index in [1.54, 1.807) is 24.4 Å². The van der Waals surface area contributed by atoms with Crippen LogP contribution in [0.5, 0.6) is 0 Å². The van der Waals surface area contributed by atoms with E-state index < -0.39 is 5.91 Å². The fraction of sp³-hybridized carbons (Fsp3) is 0.167. The Labute approximate surface area is 130 Å². The highest BCUT2D eigenvalue weighted by Gasteiger charge is 2.09. The van der Waals surface area contributed by atoms with Crippen LogP contribution in [0.4, 0.5) is 5.69 Å². The van der Waals surface area contributed by atoms with Crippen molar-refractivity contribution in [1.82, 2.24) is 4.98 Å². The number of hydrogen-bond donors (Lipinski definition) is 1. The fourth-order valence-electron chi connectivity index (χ4n) is 1.93. The molecule has 0 spiro atoms. The lowest BCUT2D eigenvalue weighted by Crippen LogP contribution is -2.13. The zero-order valence-electron chi connectivity index (χ0n) is 12.6. The molecular weight excluding hydrogens is 274 g/mol. The third kappa shape index (κ3) is 4.03. The van der Waals surface area contributed by atoms with Gasteiger partial charge >= 0.3 is 0 Å². The maximum atomic E-state index is 12.1. The quantitative estimate of drug-likeness (QED) is 0.689. The van der Waals surface area contributed by atoms with Crippen LogP contribution >= 0.6 is 0 Å². The summed E-state index contributed by atoms with van der Waals surface area (Å²) in [6, 6.07) is 13.2. The smallest absolute Gasteiger partial charge is 0.266 e. The molecule has 1 N–H and O–H groups in total. The second-order valence-electron chi connectivity index (χ2n) is 5.19. The molecule has 1 aromatic heterocycles. The van der Waals surface area contributed by atoms with Crippen molar-refractivity contribution in [2.45, 2.75) is 19.8 Å². The van der Waals surface area contributed by atoms with Gasteiger partial charge in [0.05, 0.1) is 11.9 Å². The Morgan fingerprint density at radius 3 is 2.55 bits per heavy atom. The molecule has 110 valence electrons. The predicted octanol–water partition coefficient (Wildman–Crippen LogP) is 3.75. The van der Waals surface area contributed by atoms with Crippen molar-refractivity contribution in [3.8, 4) is 6.07 Å². The largest absolute Gasteiger partial charge is 0.320 e. The topological polar surface area (TPSA) is 65.8 Å². The molecule has 0 aliphatic carbocycles. The van der Waals surface area contributed by atoms with Crippen molar-refractivity contribution in [2.75, 3.05) is 5.32 Å². The highest BCUT2D eigenvalue weighted by Crippen LogP contribution is 2.16. The Kier molecular flexibility index (Phi) is 5.05. The highest BCUT2D eigenvalue weighted by atomic mass is 16.1. The Morgan fingerprint density at radius 1 is 1.27 bits per heavy atom. The average molecular weight is 291 g/mol. The third-order valence-corrected chi connectivity index (χ3v) is 3.20. The second-order valence-corrected chi connectivity index (χ2v) is 5.19. The maximum Gasteiger partial charge on any atom is 0.266 e. The van der Waals surface area contributed by atoms with Gasteiger partial charge in [0.1, 0.15) is 11.6 Å². The molecule has 0 atom stereocenters. The molecule has 1 heterocycles. The Balaban J connectivity index is 2.16. The molecule has 0 bridgehead atoms. The van der Waals surface area contributed by atoms with Crippen LogP contribution in [0.1, 0.15) is 30.9 Å². The Bertz CT molecular complexity index is 710. The first-order chi connectivity index (χ1) is 10.6. The molecule has 4 nitrogen and oxygen atoms in total. The SMILES string of the molecule is CC(C)c1ccc(/C=C(\C#N)C(=O)Nc2cccnc2)cc1. The van der Waals surface area contributed by atoms with Gasteiger partial charge in [0, 0.05) is 6.20 Å². The average Bonchev–Trinajstić information content (AvgIpc) is 2.53. The summed E-state index contributed by atoms with van der Waals surface area (Å²) in [5, 5.41) is 11.8. The third-order valence-electron chi connectivity index (χ3n) is 3.20. The van der Waals surface area contributed by atoms with Crippen molar-refractivity contribution >= 4 is 17.7 Å². The zero-order valence-corrected chi connectivity index (χ0v) is 12.6. The van der Waals surface area contributed by atoms with E-state index in [4.69, 9.17) is 0 Å². The van der Waals surface area contributed by atoms with Crippen LogP contribution in [0.25, 0.3) is 6.08 Å². The first kappa shape index (κ1) is 15.5. The van der Waals surface area contributed by atoms with Gasteiger partial charge in [-0.2, -0.15) is 5.26 Å². The number of amides is 1. The van der Waals surface area contributed by atoms with E-state index in [1.807, 2.05) is 30.3 Å². The van der Waals surface area contributed by atoms with E-state index in [2.05, 4.69) is 24.1 Å². The normalized spacial score (nSPS) is 11.1. The molecule has 0 aliphatic heterocycles. The molecule has 1 amide bonds. The van der Waals surface area contributed by atoms with Crippen LogP contribution in [-0.4, -0.2) is 10.9 Å². The summed E-state index contributed by atoms with van der Waals surface area (Å²) in [6.07, 6.45) is 4.73. The summed E-state index contributed by atoms with van der Waals surface area (Å²) in [7, 11) is 0. The van der Waals surface area contributed by atoms with Crippen LogP contribution in [-0.2, 0) is 4.79 Å². The molecule has 0 fully saturated rings. The number of carbonyl (C=O) groups is 1. The van der Waals surface area contributed by atoms with Crippen LogP contribution in [0.3, 0.4) is 0 Å². The van der Waals surface area contributed by atoms with Crippen molar-refractivity contribution in [2.24, 2.45) is 0 Å². The van der Waals surface area contributed by atoms with Crippen LogP contribution < -0.4 is 5.32 Å². The Hall–Kier alpha value is -2.93. The fourth-order valence-corrected chi connectivity index (χ4v) is 1.93. The van der Waals surface area contributed by atoms with E-state index in [9.17, 15) is 10.1 Å². The van der Waals surface area contributed by atoms with E-state index in [-0.39, 0.29) is 5.57 Å². The number of nitrogens with zero attached hydrogens (tertiary/aromatic N) is 2. The lowest BCUT2D eigenvalue weighted by molar-refractivity contribution is -0.112. The second kappa shape index (κ2) is 7.19. The minimum atomic E-state index is -0.441. The van der Waals surface area contributed by atoms with Gasteiger partial charge in [-0.25, -0.2) is 0 Å². The lowest BCUT2D eigenvalue weighted by atomic mass is 10.0. The van der Waals surface area contributed by atoms with Crippen LogP contribution in [0.15, 0.2) is 54.4 Å². The number of hydrogen-bond acceptors (Lipinski definition) is 3. The van der Waals surface area contributed by atoms with E-state index in [0.717, 1.165) is 5.56 Å². The summed E-state index contributed by atoms with van der Waals surface area (Å²) in [5.74, 6) is 0.00535. The molecule has 1 aromatic carbocycles. The van der Waals surface area contributed by atoms with E-state index in [0.29, 0.717) is 11.6 Å². The molecule has 0 aliphatic rings. The molecule has 0 radical (unpaired) electrons. The van der Waals surface area contributed by atoms with Crippen molar-refractivity contribution in [3.05, 3.63) is 65.5 Å². The highest BCUT2D eigenvalue weighted by molar-refractivity contribution is 6.09. The summed E-state index contributed by atoms with van der Waals surface area (Å²) in [6.45, 7) is 4.24. The number of nitrogens with one attached hydrogen (secondary N) is 1. The molecule has 22 heavy (non-hydrogen) atoms. The van der Waals surface area contributed by atoms with Crippen molar-refractivity contribution in [3.63, 3.8) is 0 Å². The monoisotopic (exact) mass is 291 g/mol. The zero-order chi connectivity index (χ0) is 15.9. The van der Waals surface area contributed by atoms with E-state index in [1.165, 1.54) is 11.8 Å². The first-order valence-electron chi connectivity index (χ1n) is 7.03. The van der Waals surface area contributed by atoms with Gasteiger partial charge < -0.3 is 5.32 Å². The van der Waals surface area contributed by atoms with Crippen LogP contribution in [0, 0.1) is 11.3 Å². The molecule has 4 heteroatoms. The molecule has 0 saturated carbocycles. The van der Waals surface area contributed by atoms with Gasteiger partial charge in [-0.15, -0.1) is 0 Å². The van der Waals surface area contributed by atoms with E-state index >= 15 is 0 Å². The minimum Gasteiger partial charge on any atom is -0.320 e. The summed E-state index contributed by atoms with van der Waals surface area (Å²) in [5.41, 5.74) is 2.66. The molecule has 0 saturated heterocycles. The summed E-state index contributed by atoms with van der Waals surface area (Å²) >= 11 is 0. The number of pyridine rings is 1. The number of anilines is 1. The van der Waals surface area contributed by atoms with Gasteiger partial charge in [0.25, 0.3) is 5.91 Å². The maximum absolute atomic E-state index is 12.1. The number of nitriles is 1. The van der Waals surface area contributed by atoms with Gasteiger partial charge in [-0.05, 0) is 35.3 Å². The minimum absolute atomic E-state index is 0.0566. The molecular formula is C18H17N3O. The molecule has 2 aromatic rings. The lowest BCUT2D eigenvalue weighted by Gasteiger charge is -2.06. The first-order valence-corrected chi connectivity index (χ1v) is 7.03. The number of aromatic nitrogens is 1. The summed E-state index contributed by atoms with van der Waals surface area (Å²) < 4.78 is 0. The number of rotatable bonds is 4. The molecule has 0 unspecified atom stereocenters. The summed E-state index contributed by atoms with van der Waals surface area (Å²) in [4.78, 5) is 16.0. The van der Waals surface area contributed by atoms with Crippen molar-refractivity contribution in [1.29, 1.82) is 5.26 Å². The standard InChI is InChI=1S/C18H17N3O/c1-13(2)15-7-5-14(6-8-15)10-16(11-19)18(22)21-17-4-3-9-20-12-17/h3-10,12-13H,1-2H3,(H,21,22)/b16-10+. The number of carbonyl (C=O) groups excluding carboxylic acids is 1. The van der Waals surface area contributed by atoms with Crippen LogP contribution in [0.2, 0.25) is 0 Å². The van der Waals surface area contributed by atoms with Gasteiger partial charge in [-0.3, -0.25) is 9.78 Å². The Morgan fingerprint density at radius 2 is 2.00 bits per heavy atom. The van der Waals surface area contributed by atoms with Gasteiger partial charge in [0.2, 0.25) is 0 Å².